The third-order valence-electron chi connectivity index (χ3n) is 2.65. The molecule has 20 heavy (non-hydrogen) atoms. The summed E-state index contributed by atoms with van der Waals surface area (Å²) in [6.07, 6.45) is 0.156. The smallest absolute Gasteiger partial charge is 0.338 e. The van der Waals surface area contributed by atoms with Gasteiger partial charge in [0.05, 0.1) is 11.3 Å². The molecular formula is C13H17N3O4. The van der Waals surface area contributed by atoms with Crippen molar-refractivity contribution in [2.24, 2.45) is 0 Å². The van der Waals surface area contributed by atoms with Crippen LogP contribution in [0.15, 0.2) is 18.2 Å². The topological polar surface area (TPSA) is 108 Å². The molecule has 0 aliphatic heterocycles. The van der Waals surface area contributed by atoms with E-state index >= 15 is 0 Å². The average molecular weight is 279 g/mol. The molecule has 0 aromatic heterocycles. The van der Waals surface area contributed by atoms with Crippen LogP contribution in [0.25, 0.3) is 0 Å². The monoisotopic (exact) mass is 279 g/mol. The second kappa shape index (κ2) is 7.13. The number of aryl methyl sites for hydroxylation is 1. The van der Waals surface area contributed by atoms with Crippen molar-refractivity contribution in [3.05, 3.63) is 29.3 Å². The number of urea groups is 1. The van der Waals surface area contributed by atoms with Crippen molar-refractivity contribution in [3.63, 3.8) is 0 Å². The molecule has 0 saturated heterocycles. The maximum Gasteiger partial charge on any atom is 0.338 e. The fourth-order valence-corrected chi connectivity index (χ4v) is 1.64. The molecule has 0 aliphatic carbocycles. The summed E-state index contributed by atoms with van der Waals surface area (Å²) in [4.78, 5) is 33.7. The van der Waals surface area contributed by atoms with Crippen LogP contribution in [0.1, 0.15) is 22.3 Å². The van der Waals surface area contributed by atoms with E-state index in [1.54, 1.807) is 19.1 Å². The van der Waals surface area contributed by atoms with Gasteiger partial charge in [0.2, 0.25) is 5.91 Å². The van der Waals surface area contributed by atoms with E-state index in [1.807, 2.05) is 0 Å². The largest absolute Gasteiger partial charge is 0.478 e. The lowest BCUT2D eigenvalue weighted by Crippen LogP contribution is -2.33. The number of benzene rings is 1. The predicted octanol–water partition coefficient (Wildman–Crippen LogP) is 0.951. The first-order valence-corrected chi connectivity index (χ1v) is 6.04. The number of anilines is 1. The third kappa shape index (κ3) is 4.27. The SMILES string of the molecule is CNC(=O)CCNC(=O)Nc1cccc(C)c1C(=O)O. The van der Waals surface area contributed by atoms with E-state index in [1.165, 1.54) is 13.1 Å². The maximum atomic E-state index is 11.6. The first kappa shape index (κ1) is 15.5. The average Bonchev–Trinajstić information content (AvgIpc) is 2.38. The Kier molecular flexibility index (Phi) is 5.52. The molecule has 0 unspecified atom stereocenters. The Morgan fingerprint density at radius 1 is 1.25 bits per heavy atom. The van der Waals surface area contributed by atoms with Gasteiger partial charge in [-0.05, 0) is 18.6 Å². The number of nitrogens with one attached hydrogen (secondary N) is 3. The lowest BCUT2D eigenvalue weighted by molar-refractivity contribution is -0.120. The molecule has 0 bridgehead atoms. The van der Waals surface area contributed by atoms with E-state index in [9.17, 15) is 14.4 Å². The van der Waals surface area contributed by atoms with Gasteiger partial charge in [-0.1, -0.05) is 12.1 Å². The van der Waals surface area contributed by atoms with Crippen molar-refractivity contribution < 1.29 is 19.5 Å². The molecule has 3 amide bonds. The minimum atomic E-state index is -1.11. The zero-order chi connectivity index (χ0) is 15.1. The van der Waals surface area contributed by atoms with Crippen LogP contribution in [0, 0.1) is 6.92 Å². The number of carbonyl (C=O) groups is 3. The van der Waals surface area contributed by atoms with Gasteiger partial charge in [0.15, 0.2) is 0 Å². The van der Waals surface area contributed by atoms with Crippen LogP contribution in [0.5, 0.6) is 0 Å². The van der Waals surface area contributed by atoms with E-state index in [0.717, 1.165) is 0 Å². The molecule has 0 atom stereocenters. The number of hydrogen-bond donors (Lipinski definition) is 4. The number of carbonyl (C=O) groups excluding carboxylic acids is 2. The lowest BCUT2D eigenvalue weighted by Gasteiger charge is -2.11. The molecule has 1 rings (SSSR count). The predicted molar refractivity (Wildman–Crippen MR) is 73.8 cm³/mol. The molecule has 1 aromatic carbocycles. The normalized spacial score (nSPS) is 9.70. The van der Waals surface area contributed by atoms with E-state index in [4.69, 9.17) is 5.11 Å². The number of carboxylic acids is 1. The van der Waals surface area contributed by atoms with Crippen molar-refractivity contribution >= 4 is 23.6 Å². The second-order valence-corrected chi connectivity index (χ2v) is 4.11. The highest BCUT2D eigenvalue weighted by atomic mass is 16.4. The van der Waals surface area contributed by atoms with Crippen molar-refractivity contribution in [2.75, 3.05) is 18.9 Å². The molecular weight excluding hydrogens is 262 g/mol. The van der Waals surface area contributed by atoms with Crippen LogP contribution >= 0.6 is 0 Å². The van der Waals surface area contributed by atoms with Crippen LogP contribution in [0.2, 0.25) is 0 Å². The van der Waals surface area contributed by atoms with Gasteiger partial charge in [-0.15, -0.1) is 0 Å². The van der Waals surface area contributed by atoms with Gasteiger partial charge in [-0.2, -0.15) is 0 Å². The first-order valence-electron chi connectivity index (χ1n) is 6.04. The zero-order valence-electron chi connectivity index (χ0n) is 11.3. The van der Waals surface area contributed by atoms with Gasteiger partial charge >= 0.3 is 12.0 Å². The molecule has 108 valence electrons. The summed E-state index contributed by atoms with van der Waals surface area (Å²) in [6.45, 7) is 1.82. The van der Waals surface area contributed by atoms with E-state index in [2.05, 4.69) is 16.0 Å². The quantitative estimate of drug-likeness (QED) is 0.643. The van der Waals surface area contributed by atoms with Crippen LogP contribution < -0.4 is 16.0 Å². The van der Waals surface area contributed by atoms with E-state index in [0.29, 0.717) is 5.56 Å². The fraction of sp³-hybridized carbons (Fsp3) is 0.308. The number of rotatable bonds is 5. The summed E-state index contributed by atoms with van der Waals surface area (Å²) in [7, 11) is 1.51. The van der Waals surface area contributed by atoms with Crippen molar-refractivity contribution in [2.45, 2.75) is 13.3 Å². The number of amides is 3. The Balaban J connectivity index is 2.65. The molecule has 0 heterocycles. The van der Waals surface area contributed by atoms with E-state index < -0.39 is 12.0 Å². The van der Waals surface area contributed by atoms with E-state index in [-0.39, 0.29) is 30.1 Å². The molecule has 0 spiro atoms. The van der Waals surface area contributed by atoms with Crippen molar-refractivity contribution in [1.82, 2.24) is 10.6 Å². The summed E-state index contributed by atoms with van der Waals surface area (Å²) in [5.74, 6) is -1.30. The number of aromatic carboxylic acids is 1. The van der Waals surface area contributed by atoms with Crippen LogP contribution in [0.4, 0.5) is 10.5 Å². The Hall–Kier alpha value is -2.57. The van der Waals surface area contributed by atoms with Gasteiger partial charge in [0, 0.05) is 20.0 Å². The molecule has 4 N–H and O–H groups in total. The second-order valence-electron chi connectivity index (χ2n) is 4.11. The lowest BCUT2D eigenvalue weighted by atomic mass is 10.1. The summed E-state index contributed by atoms with van der Waals surface area (Å²) < 4.78 is 0. The Morgan fingerprint density at radius 2 is 1.95 bits per heavy atom. The summed E-state index contributed by atoms with van der Waals surface area (Å²) in [5, 5.41) is 16.5. The maximum absolute atomic E-state index is 11.6. The van der Waals surface area contributed by atoms with Crippen molar-refractivity contribution in [1.29, 1.82) is 0 Å². The standard InChI is InChI=1S/C13H17N3O4/c1-8-4-3-5-9(11(8)12(18)19)16-13(20)15-7-6-10(17)14-2/h3-5H,6-7H2,1-2H3,(H,14,17)(H,18,19)(H2,15,16,20). The summed E-state index contributed by atoms with van der Waals surface area (Å²) in [6, 6.07) is 4.26. The minimum absolute atomic E-state index is 0.0500. The summed E-state index contributed by atoms with van der Waals surface area (Å²) in [5.41, 5.74) is 0.824. The molecule has 1 aromatic rings. The molecule has 0 aliphatic rings. The zero-order valence-corrected chi connectivity index (χ0v) is 11.3. The van der Waals surface area contributed by atoms with Crippen LogP contribution in [-0.4, -0.2) is 36.6 Å². The van der Waals surface area contributed by atoms with Gasteiger partial charge in [0.1, 0.15) is 0 Å². The molecule has 7 nitrogen and oxygen atoms in total. The van der Waals surface area contributed by atoms with Crippen LogP contribution in [0.3, 0.4) is 0 Å². The Bertz CT molecular complexity index is 528. The van der Waals surface area contributed by atoms with Gasteiger partial charge in [0.25, 0.3) is 0 Å². The molecule has 0 radical (unpaired) electrons. The minimum Gasteiger partial charge on any atom is -0.478 e. The molecule has 0 fully saturated rings. The van der Waals surface area contributed by atoms with Crippen molar-refractivity contribution in [3.8, 4) is 0 Å². The van der Waals surface area contributed by atoms with Gasteiger partial charge in [-0.25, -0.2) is 9.59 Å². The fourth-order valence-electron chi connectivity index (χ4n) is 1.64. The third-order valence-corrected chi connectivity index (χ3v) is 2.65. The molecule has 7 heteroatoms. The number of hydrogen-bond acceptors (Lipinski definition) is 3. The highest BCUT2D eigenvalue weighted by Gasteiger charge is 2.14. The Labute approximate surface area is 116 Å². The van der Waals surface area contributed by atoms with Crippen LogP contribution in [-0.2, 0) is 4.79 Å². The Morgan fingerprint density at radius 3 is 2.55 bits per heavy atom. The van der Waals surface area contributed by atoms with Gasteiger partial charge in [-0.3, -0.25) is 4.79 Å². The summed E-state index contributed by atoms with van der Waals surface area (Å²) >= 11 is 0. The highest BCUT2D eigenvalue weighted by Crippen LogP contribution is 2.19. The number of carboxylic acid groups (broad SMARTS) is 1. The molecule has 0 saturated carbocycles. The van der Waals surface area contributed by atoms with Gasteiger partial charge < -0.3 is 21.1 Å². The highest BCUT2D eigenvalue weighted by molar-refractivity contribution is 6.01. The first-order chi connectivity index (χ1) is 9.45.